The third-order valence-electron chi connectivity index (χ3n) is 4.46. The highest BCUT2D eigenvalue weighted by atomic mass is 16.6. The van der Waals surface area contributed by atoms with Crippen molar-refractivity contribution in [1.82, 2.24) is 9.80 Å². The van der Waals surface area contributed by atoms with Crippen LogP contribution in [0.3, 0.4) is 0 Å². The molecule has 1 aliphatic carbocycles. The summed E-state index contributed by atoms with van der Waals surface area (Å²) in [6.07, 6.45) is 5.56. The number of nitrogens with zero attached hydrogens (tertiary/aromatic N) is 2. The van der Waals surface area contributed by atoms with E-state index in [1.54, 1.807) is 4.90 Å². The van der Waals surface area contributed by atoms with Gasteiger partial charge >= 0.3 is 6.09 Å². The number of hydrogen-bond donors (Lipinski definition) is 0. The maximum absolute atomic E-state index is 12.3. The van der Waals surface area contributed by atoms with Crippen LogP contribution in [0.4, 0.5) is 4.79 Å². The van der Waals surface area contributed by atoms with E-state index in [1.807, 2.05) is 20.8 Å². The van der Waals surface area contributed by atoms with E-state index in [9.17, 15) is 9.59 Å². The second-order valence-electron chi connectivity index (χ2n) is 7.54. The molecule has 0 aromatic rings. The highest BCUT2D eigenvalue weighted by molar-refractivity contribution is 5.83. The normalized spacial score (nSPS) is 21.7. The minimum Gasteiger partial charge on any atom is -0.444 e. The molecule has 1 saturated heterocycles. The molecule has 0 spiro atoms. The summed E-state index contributed by atoms with van der Waals surface area (Å²) in [4.78, 5) is 28.3. The number of piperazine rings is 1. The topological polar surface area (TPSA) is 49.9 Å². The molecule has 0 N–H and O–H groups in total. The molecule has 22 heavy (non-hydrogen) atoms. The Morgan fingerprint density at radius 2 is 1.59 bits per heavy atom. The summed E-state index contributed by atoms with van der Waals surface area (Å²) in [7, 11) is 0. The predicted octanol–water partition coefficient (Wildman–Crippen LogP) is 2.69. The molecule has 1 heterocycles. The van der Waals surface area contributed by atoms with Crippen molar-refractivity contribution in [2.45, 2.75) is 58.5 Å². The number of ketones is 1. The zero-order valence-corrected chi connectivity index (χ0v) is 14.3. The SMILES string of the molecule is CC(C)(C)OC(=O)N1CCN(CC(=O)C2CCCCC2)CC1. The lowest BCUT2D eigenvalue weighted by Gasteiger charge is -2.35. The van der Waals surface area contributed by atoms with Crippen LogP contribution in [0.2, 0.25) is 0 Å². The van der Waals surface area contributed by atoms with Crippen LogP contribution in [0, 0.1) is 5.92 Å². The van der Waals surface area contributed by atoms with Gasteiger partial charge in [-0.1, -0.05) is 19.3 Å². The van der Waals surface area contributed by atoms with Gasteiger partial charge in [0, 0.05) is 32.1 Å². The van der Waals surface area contributed by atoms with Gasteiger partial charge in [-0.05, 0) is 33.6 Å². The lowest BCUT2D eigenvalue weighted by molar-refractivity contribution is -0.125. The van der Waals surface area contributed by atoms with Gasteiger partial charge in [0.25, 0.3) is 0 Å². The number of rotatable bonds is 3. The van der Waals surface area contributed by atoms with Crippen molar-refractivity contribution >= 4 is 11.9 Å². The van der Waals surface area contributed by atoms with Crippen molar-refractivity contribution < 1.29 is 14.3 Å². The van der Waals surface area contributed by atoms with E-state index in [0.29, 0.717) is 25.4 Å². The lowest BCUT2D eigenvalue weighted by Crippen LogP contribution is -2.51. The van der Waals surface area contributed by atoms with E-state index >= 15 is 0 Å². The minimum absolute atomic E-state index is 0.245. The molecule has 0 aromatic heterocycles. The van der Waals surface area contributed by atoms with Crippen LogP contribution in [0.1, 0.15) is 52.9 Å². The molecule has 0 aromatic carbocycles. The summed E-state index contributed by atoms with van der Waals surface area (Å²) >= 11 is 0. The quantitative estimate of drug-likeness (QED) is 0.804. The van der Waals surface area contributed by atoms with Crippen molar-refractivity contribution in [1.29, 1.82) is 0 Å². The fourth-order valence-electron chi connectivity index (χ4n) is 3.19. The van der Waals surface area contributed by atoms with Crippen molar-refractivity contribution in [2.75, 3.05) is 32.7 Å². The minimum atomic E-state index is -0.453. The van der Waals surface area contributed by atoms with Gasteiger partial charge in [0.1, 0.15) is 11.4 Å². The Morgan fingerprint density at radius 1 is 1.00 bits per heavy atom. The molecule has 0 atom stereocenters. The fraction of sp³-hybridized carbons (Fsp3) is 0.882. The lowest BCUT2D eigenvalue weighted by atomic mass is 9.86. The molecule has 5 heteroatoms. The molecule has 2 aliphatic rings. The van der Waals surface area contributed by atoms with Gasteiger partial charge in [0.2, 0.25) is 0 Å². The molecule has 0 radical (unpaired) electrons. The smallest absolute Gasteiger partial charge is 0.410 e. The van der Waals surface area contributed by atoms with Gasteiger partial charge < -0.3 is 9.64 Å². The average molecular weight is 310 g/mol. The van der Waals surface area contributed by atoms with E-state index < -0.39 is 5.60 Å². The molecule has 126 valence electrons. The van der Waals surface area contributed by atoms with E-state index in [4.69, 9.17) is 4.74 Å². The summed E-state index contributed by atoms with van der Waals surface area (Å²) in [5.74, 6) is 0.669. The number of carbonyl (C=O) groups is 2. The average Bonchev–Trinajstić information content (AvgIpc) is 2.47. The Morgan fingerprint density at radius 3 is 2.14 bits per heavy atom. The van der Waals surface area contributed by atoms with Crippen molar-refractivity contribution in [3.8, 4) is 0 Å². The Labute approximate surface area is 134 Å². The summed E-state index contributed by atoms with van der Waals surface area (Å²) in [6, 6.07) is 0. The van der Waals surface area contributed by atoms with Crippen molar-refractivity contribution in [2.24, 2.45) is 5.92 Å². The predicted molar refractivity (Wildman–Crippen MR) is 85.8 cm³/mol. The van der Waals surface area contributed by atoms with Crippen LogP contribution >= 0.6 is 0 Å². The first-order chi connectivity index (χ1) is 10.3. The van der Waals surface area contributed by atoms with Gasteiger partial charge in [0.15, 0.2) is 0 Å². The van der Waals surface area contributed by atoms with E-state index in [1.165, 1.54) is 19.3 Å². The maximum Gasteiger partial charge on any atom is 0.410 e. The molecule has 0 unspecified atom stereocenters. The number of hydrogen-bond acceptors (Lipinski definition) is 4. The molecule has 1 amide bonds. The van der Waals surface area contributed by atoms with Gasteiger partial charge in [-0.2, -0.15) is 0 Å². The third-order valence-corrected chi connectivity index (χ3v) is 4.46. The van der Waals surface area contributed by atoms with Gasteiger partial charge in [-0.15, -0.1) is 0 Å². The maximum atomic E-state index is 12.3. The highest BCUT2D eigenvalue weighted by Crippen LogP contribution is 2.24. The zero-order chi connectivity index (χ0) is 16.2. The van der Waals surface area contributed by atoms with Crippen LogP contribution in [-0.2, 0) is 9.53 Å². The number of carbonyl (C=O) groups excluding carboxylic acids is 2. The molecule has 1 aliphatic heterocycles. The van der Waals surface area contributed by atoms with Crippen LogP contribution in [0.15, 0.2) is 0 Å². The number of amides is 1. The Hall–Kier alpha value is -1.10. The largest absolute Gasteiger partial charge is 0.444 e. The van der Waals surface area contributed by atoms with Crippen LogP contribution < -0.4 is 0 Å². The summed E-state index contributed by atoms with van der Waals surface area (Å²) in [5, 5.41) is 0. The molecule has 1 saturated carbocycles. The second-order valence-corrected chi connectivity index (χ2v) is 7.54. The van der Waals surface area contributed by atoms with Crippen LogP contribution in [0.5, 0.6) is 0 Å². The molecule has 2 fully saturated rings. The van der Waals surface area contributed by atoms with Crippen molar-refractivity contribution in [3.05, 3.63) is 0 Å². The van der Waals surface area contributed by atoms with Crippen LogP contribution in [-0.4, -0.2) is 60.0 Å². The van der Waals surface area contributed by atoms with Gasteiger partial charge in [0.05, 0.1) is 6.54 Å². The Balaban J connectivity index is 1.72. The third kappa shape index (κ3) is 5.27. The number of ether oxygens (including phenoxy) is 1. The standard InChI is InChI=1S/C17H30N2O3/c1-17(2,3)22-16(21)19-11-9-18(10-12-19)13-15(20)14-7-5-4-6-8-14/h14H,4-13H2,1-3H3. The second kappa shape index (κ2) is 7.44. The molecular weight excluding hydrogens is 280 g/mol. The Kier molecular flexibility index (Phi) is 5.84. The molecule has 5 nitrogen and oxygen atoms in total. The van der Waals surface area contributed by atoms with Gasteiger partial charge in [-0.25, -0.2) is 4.79 Å². The van der Waals surface area contributed by atoms with Crippen LogP contribution in [0.25, 0.3) is 0 Å². The summed E-state index contributed by atoms with van der Waals surface area (Å²) in [5.41, 5.74) is -0.453. The molecule has 2 rings (SSSR count). The monoisotopic (exact) mass is 310 g/mol. The number of Topliss-reactive ketones (excluding diaryl/α,β-unsaturated/α-hetero) is 1. The first-order valence-corrected chi connectivity index (χ1v) is 8.58. The molecular formula is C17H30N2O3. The van der Waals surface area contributed by atoms with E-state index in [2.05, 4.69) is 4.90 Å². The Bertz CT molecular complexity index is 389. The zero-order valence-electron chi connectivity index (χ0n) is 14.3. The molecule has 0 bridgehead atoms. The summed E-state index contributed by atoms with van der Waals surface area (Å²) < 4.78 is 5.39. The first kappa shape index (κ1) is 17.3. The first-order valence-electron chi connectivity index (χ1n) is 8.58. The van der Waals surface area contributed by atoms with Crippen molar-refractivity contribution in [3.63, 3.8) is 0 Å². The van der Waals surface area contributed by atoms with E-state index in [-0.39, 0.29) is 12.0 Å². The summed E-state index contributed by atoms with van der Waals surface area (Å²) in [6.45, 7) is 9.00. The highest BCUT2D eigenvalue weighted by Gasteiger charge is 2.28. The fourth-order valence-corrected chi connectivity index (χ4v) is 3.19. The van der Waals surface area contributed by atoms with E-state index in [0.717, 1.165) is 25.9 Å². The van der Waals surface area contributed by atoms with Gasteiger partial charge in [-0.3, -0.25) is 9.69 Å².